The molecule has 0 fully saturated rings. The van der Waals surface area contributed by atoms with Gasteiger partial charge in [-0.25, -0.2) is 13.8 Å². The fraction of sp³-hybridized carbons (Fsp3) is 0.455. The SMILES string of the molecule is CCOC(=O)Cc1cnc(OC)c([N+](=O)[O-])c1C(F)F. The van der Waals surface area contributed by atoms with E-state index in [1.54, 1.807) is 6.92 Å². The summed E-state index contributed by atoms with van der Waals surface area (Å²) in [4.78, 5) is 24.8. The molecular weight excluding hydrogens is 278 g/mol. The largest absolute Gasteiger partial charge is 0.476 e. The van der Waals surface area contributed by atoms with Gasteiger partial charge in [0.05, 0.1) is 25.1 Å². The third-order valence-electron chi connectivity index (χ3n) is 2.38. The number of hydrogen-bond donors (Lipinski definition) is 0. The van der Waals surface area contributed by atoms with E-state index in [1.165, 1.54) is 0 Å². The molecule has 20 heavy (non-hydrogen) atoms. The van der Waals surface area contributed by atoms with Crippen molar-refractivity contribution in [2.45, 2.75) is 19.8 Å². The number of rotatable bonds is 6. The maximum absolute atomic E-state index is 13.1. The van der Waals surface area contributed by atoms with Crippen LogP contribution in [0.5, 0.6) is 5.88 Å². The Balaban J connectivity index is 3.34. The first-order chi connectivity index (χ1) is 9.42. The second-order valence-electron chi connectivity index (χ2n) is 3.59. The summed E-state index contributed by atoms with van der Waals surface area (Å²) in [6.45, 7) is 1.63. The molecule has 1 heterocycles. The van der Waals surface area contributed by atoms with Gasteiger partial charge in [-0.2, -0.15) is 0 Å². The van der Waals surface area contributed by atoms with Gasteiger partial charge in [0.15, 0.2) is 0 Å². The van der Waals surface area contributed by atoms with Crippen LogP contribution in [0.25, 0.3) is 0 Å². The molecule has 9 heteroatoms. The van der Waals surface area contributed by atoms with Gasteiger partial charge < -0.3 is 9.47 Å². The molecule has 110 valence electrons. The summed E-state index contributed by atoms with van der Waals surface area (Å²) in [5.41, 5.74) is -2.08. The van der Waals surface area contributed by atoms with E-state index in [9.17, 15) is 23.7 Å². The van der Waals surface area contributed by atoms with Crippen LogP contribution in [0.15, 0.2) is 6.20 Å². The molecule has 0 N–H and O–H groups in total. The molecule has 0 aliphatic carbocycles. The minimum absolute atomic E-state index is 0.0779. The Morgan fingerprint density at radius 1 is 1.55 bits per heavy atom. The van der Waals surface area contributed by atoms with E-state index in [-0.39, 0.29) is 12.2 Å². The Morgan fingerprint density at radius 2 is 2.20 bits per heavy atom. The minimum atomic E-state index is -3.14. The first kappa shape index (κ1) is 15.7. The van der Waals surface area contributed by atoms with E-state index in [2.05, 4.69) is 14.5 Å². The topological polar surface area (TPSA) is 91.6 Å². The highest BCUT2D eigenvalue weighted by atomic mass is 19.3. The van der Waals surface area contributed by atoms with Crippen LogP contribution in [0.3, 0.4) is 0 Å². The van der Waals surface area contributed by atoms with Crippen molar-refractivity contribution in [1.29, 1.82) is 0 Å². The number of esters is 1. The maximum atomic E-state index is 13.1. The fourth-order valence-electron chi connectivity index (χ4n) is 1.61. The second-order valence-corrected chi connectivity index (χ2v) is 3.59. The molecule has 0 saturated carbocycles. The Morgan fingerprint density at radius 3 is 2.65 bits per heavy atom. The quantitative estimate of drug-likeness (QED) is 0.452. The van der Waals surface area contributed by atoms with E-state index in [0.717, 1.165) is 13.3 Å². The molecule has 0 atom stereocenters. The zero-order chi connectivity index (χ0) is 15.3. The van der Waals surface area contributed by atoms with E-state index in [0.29, 0.717) is 0 Å². The van der Waals surface area contributed by atoms with E-state index < -0.39 is 40.9 Å². The number of nitrogens with zero attached hydrogens (tertiary/aromatic N) is 2. The van der Waals surface area contributed by atoms with Gasteiger partial charge in [0.1, 0.15) is 5.56 Å². The fourth-order valence-corrected chi connectivity index (χ4v) is 1.61. The van der Waals surface area contributed by atoms with Crippen LogP contribution < -0.4 is 4.74 Å². The molecule has 0 aliphatic heterocycles. The number of nitro groups is 1. The molecule has 0 spiro atoms. The lowest BCUT2D eigenvalue weighted by Gasteiger charge is -2.10. The average Bonchev–Trinajstić information content (AvgIpc) is 2.37. The minimum Gasteiger partial charge on any atom is -0.476 e. The van der Waals surface area contributed by atoms with Crippen LogP contribution >= 0.6 is 0 Å². The maximum Gasteiger partial charge on any atom is 0.340 e. The highest BCUT2D eigenvalue weighted by molar-refractivity contribution is 5.74. The number of methoxy groups -OCH3 is 1. The van der Waals surface area contributed by atoms with Gasteiger partial charge >= 0.3 is 11.7 Å². The van der Waals surface area contributed by atoms with Crippen molar-refractivity contribution in [2.24, 2.45) is 0 Å². The molecule has 0 aromatic carbocycles. The average molecular weight is 290 g/mol. The van der Waals surface area contributed by atoms with Crippen molar-refractivity contribution in [3.05, 3.63) is 27.4 Å². The van der Waals surface area contributed by atoms with Crippen molar-refractivity contribution in [3.8, 4) is 5.88 Å². The van der Waals surface area contributed by atoms with Crippen LogP contribution in [0, 0.1) is 10.1 Å². The predicted octanol–water partition coefficient (Wildman–Crippen LogP) is 2.04. The van der Waals surface area contributed by atoms with Gasteiger partial charge in [0.25, 0.3) is 12.3 Å². The van der Waals surface area contributed by atoms with Crippen LogP contribution in [-0.4, -0.2) is 29.6 Å². The lowest BCUT2D eigenvalue weighted by Crippen LogP contribution is -2.12. The highest BCUT2D eigenvalue weighted by Gasteiger charge is 2.32. The molecule has 1 aromatic heterocycles. The van der Waals surface area contributed by atoms with Gasteiger partial charge in [-0.05, 0) is 12.5 Å². The van der Waals surface area contributed by atoms with Crippen LogP contribution in [0.4, 0.5) is 14.5 Å². The number of pyridine rings is 1. The Kier molecular flexibility index (Phi) is 5.30. The molecule has 1 rings (SSSR count). The molecule has 0 amide bonds. The zero-order valence-corrected chi connectivity index (χ0v) is 10.8. The van der Waals surface area contributed by atoms with Crippen molar-refractivity contribution >= 4 is 11.7 Å². The van der Waals surface area contributed by atoms with Crippen molar-refractivity contribution in [2.75, 3.05) is 13.7 Å². The Hall–Kier alpha value is -2.32. The molecule has 0 bridgehead atoms. The van der Waals surface area contributed by atoms with Gasteiger partial charge in [0, 0.05) is 6.20 Å². The lowest BCUT2D eigenvalue weighted by molar-refractivity contribution is -0.387. The van der Waals surface area contributed by atoms with E-state index >= 15 is 0 Å². The smallest absolute Gasteiger partial charge is 0.340 e. The summed E-state index contributed by atoms with van der Waals surface area (Å²) >= 11 is 0. The number of alkyl halides is 2. The third-order valence-corrected chi connectivity index (χ3v) is 2.38. The molecule has 0 saturated heterocycles. The first-order valence-electron chi connectivity index (χ1n) is 5.56. The Labute approximate surface area is 112 Å². The summed E-state index contributed by atoms with van der Waals surface area (Å²) in [7, 11) is 1.08. The van der Waals surface area contributed by atoms with Crippen LogP contribution in [0.2, 0.25) is 0 Å². The monoisotopic (exact) mass is 290 g/mol. The highest BCUT2D eigenvalue weighted by Crippen LogP contribution is 2.37. The van der Waals surface area contributed by atoms with E-state index in [4.69, 9.17) is 0 Å². The van der Waals surface area contributed by atoms with Crippen molar-refractivity contribution < 1.29 is 28.0 Å². The van der Waals surface area contributed by atoms with Crippen LogP contribution in [0.1, 0.15) is 24.5 Å². The standard InChI is InChI=1S/C11H12F2N2O5/c1-3-20-7(16)4-6-5-14-11(19-2)9(15(17)18)8(6)10(12)13/h5,10H,3-4H2,1-2H3. The van der Waals surface area contributed by atoms with Gasteiger partial charge in [-0.15, -0.1) is 0 Å². The van der Waals surface area contributed by atoms with Crippen molar-refractivity contribution in [3.63, 3.8) is 0 Å². The van der Waals surface area contributed by atoms with Crippen LogP contribution in [-0.2, 0) is 16.0 Å². The molecule has 0 unspecified atom stereocenters. The van der Waals surface area contributed by atoms with Gasteiger partial charge in [-0.1, -0.05) is 0 Å². The summed E-state index contributed by atoms with van der Waals surface area (Å²) in [6, 6.07) is 0. The molecule has 7 nitrogen and oxygen atoms in total. The van der Waals surface area contributed by atoms with E-state index in [1.807, 2.05) is 0 Å². The summed E-state index contributed by atoms with van der Waals surface area (Å²) in [5.74, 6) is -1.30. The summed E-state index contributed by atoms with van der Waals surface area (Å²) in [5, 5.41) is 10.9. The zero-order valence-electron chi connectivity index (χ0n) is 10.8. The number of halogens is 2. The molecule has 0 radical (unpaired) electrons. The lowest BCUT2D eigenvalue weighted by atomic mass is 10.1. The van der Waals surface area contributed by atoms with Gasteiger partial charge in [-0.3, -0.25) is 14.9 Å². The number of aromatic nitrogens is 1. The van der Waals surface area contributed by atoms with Crippen molar-refractivity contribution in [1.82, 2.24) is 4.98 Å². The Bertz CT molecular complexity index is 522. The number of carbonyl (C=O) groups excluding carboxylic acids is 1. The molecule has 1 aromatic rings. The third kappa shape index (κ3) is 3.37. The first-order valence-corrected chi connectivity index (χ1v) is 5.56. The predicted molar refractivity (Wildman–Crippen MR) is 62.7 cm³/mol. The van der Waals surface area contributed by atoms with Gasteiger partial charge in [0.2, 0.25) is 0 Å². The number of ether oxygens (including phenoxy) is 2. The number of hydrogen-bond acceptors (Lipinski definition) is 6. The summed E-state index contributed by atoms with van der Waals surface area (Å²) < 4.78 is 35.3. The molecular formula is C11H12F2N2O5. The molecule has 0 aliphatic rings. The normalized spacial score (nSPS) is 10.4. The second kappa shape index (κ2) is 6.73. The summed E-state index contributed by atoms with van der Waals surface area (Å²) in [6.07, 6.45) is -2.72. The number of carbonyl (C=O) groups is 1.